The van der Waals surface area contributed by atoms with Crippen LogP contribution in [0.4, 0.5) is 5.82 Å². The highest BCUT2D eigenvalue weighted by molar-refractivity contribution is 5.22. The highest BCUT2D eigenvalue weighted by Gasteiger charge is 2.25. The Bertz CT molecular complexity index is 354. The predicted molar refractivity (Wildman–Crippen MR) is 66.3 cm³/mol. The van der Waals surface area contributed by atoms with Crippen LogP contribution in [0.3, 0.4) is 0 Å². The van der Waals surface area contributed by atoms with Crippen LogP contribution in [-0.2, 0) is 11.3 Å². The van der Waals surface area contributed by atoms with Crippen LogP contribution in [0.5, 0.6) is 0 Å². The van der Waals surface area contributed by atoms with E-state index in [1.807, 2.05) is 0 Å². The van der Waals surface area contributed by atoms with Gasteiger partial charge < -0.3 is 10.5 Å². The van der Waals surface area contributed by atoms with E-state index in [0.717, 1.165) is 31.8 Å². The minimum absolute atomic E-state index is 0.291. The van der Waals surface area contributed by atoms with Gasteiger partial charge in [0.15, 0.2) is 0 Å². The van der Waals surface area contributed by atoms with E-state index in [9.17, 15) is 0 Å². The standard InChI is InChI=1S/C12H20N4O/c1-3-11-8-17-9(2)6-16(11)7-10-4-15-12(13)5-14-10/h4-5,9,11H,3,6-8H2,1-2H3,(H2,13,15). The molecular formula is C12H20N4O. The largest absolute Gasteiger partial charge is 0.382 e. The van der Waals surface area contributed by atoms with Gasteiger partial charge in [0.1, 0.15) is 5.82 Å². The van der Waals surface area contributed by atoms with Gasteiger partial charge in [-0.05, 0) is 13.3 Å². The molecule has 2 rings (SSSR count). The lowest BCUT2D eigenvalue weighted by atomic mass is 10.1. The second-order valence-corrected chi connectivity index (χ2v) is 4.57. The molecule has 1 aromatic rings. The molecule has 0 radical (unpaired) electrons. The summed E-state index contributed by atoms with van der Waals surface area (Å²) in [5.74, 6) is 0.469. The third-order valence-corrected chi connectivity index (χ3v) is 3.14. The number of morpholine rings is 1. The van der Waals surface area contributed by atoms with E-state index < -0.39 is 0 Å². The molecule has 5 heteroatoms. The van der Waals surface area contributed by atoms with Crippen LogP contribution in [0.25, 0.3) is 0 Å². The molecule has 0 aromatic carbocycles. The first-order valence-corrected chi connectivity index (χ1v) is 6.11. The Morgan fingerprint density at radius 2 is 2.29 bits per heavy atom. The summed E-state index contributed by atoms with van der Waals surface area (Å²) in [6, 6.07) is 0.477. The minimum Gasteiger partial charge on any atom is -0.382 e. The fourth-order valence-electron chi connectivity index (χ4n) is 2.14. The maximum Gasteiger partial charge on any atom is 0.141 e. The summed E-state index contributed by atoms with van der Waals surface area (Å²) in [6.45, 7) is 6.86. The Morgan fingerprint density at radius 3 is 2.94 bits per heavy atom. The van der Waals surface area contributed by atoms with Crippen LogP contribution in [0, 0.1) is 0 Å². The summed E-state index contributed by atoms with van der Waals surface area (Å²) in [4.78, 5) is 10.8. The minimum atomic E-state index is 0.291. The molecule has 2 N–H and O–H groups in total. The van der Waals surface area contributed by atoms with Crippen molar-refractivity contribution in [1.82, 2.24) is 14.9 Å². The lowest BCUT2D eigenvalue weighted by Gasteiger charge is -2.37. The normalized spacial score (nSPS) is 26.0. The number of anilines is 1. The van der Waals surface area contributed by atoms with E-state index in [1.165, 1.54) is 0 Å². The Kier molecular flexibility index (Phi) is 3.91. The topological polar surface area (TPSA) is 64.3 Å². The van der Waals surface area contributed by atoms with Crippen LogP contribution in [0.1, 0.15) is 26.0 Å². The summed E-state index contributed by atoms with van der Waals surface area (Å²) < 4.78 is 5.67. The highest BCUT2D eigenvalue weighted by atomic mass is 16.5. The quantitative estimate of drug-likeness (QED) is 0.850. The third kappa shape index (κ3) is 3.14. The van der Waals surface area contributed by atoms with Gasteiger partial charge >= 0.3 is 0 Å². The zero-order valence-corrected chi connectivity index (χ0v) is 10.5. The van der Waals surface area contributed by atoms with E-state index in [-0.39, 0.29) is 0 Å². The number of aromatic nitrogens is 2. The number of rotatable bonds is 3. The number of nitrogens with zero attached hydrogens (tertiary/aromatic N) is 3. The van der Waals surface area contributed by atoms with Crippen molar-refractivity contribution in [3.63, 3.8) is 0 Å². The van der Waals surface area contributed by atoms with Crippen LogP contribution >= 0.6 is 0 Å². The smallest absolute Gasteiger partial charge is 0.141 e. The average Bonchev–Trinajstić information content (AvgIpc) is 2.32. The maximum absolute atomic E-state index is 5.67. The third-order valence-electron chi connectivity index (χ3n) is 3.14. The van der Waals surface area contributed by atoms with Crippen molar-refractivity contribution < 1.29 is 4.74 Å². The first kappa shape index (κ1) is 12.3. The van der Waals surface area contributed by atoms with Crippen molar-refractivity contribution in [1.29, 1.82) is 0 Å². The van der Waals surface area contributed by atoms with Crippen LogP contribution < -0.4 is 5.73 Å². The molecule has 1 aliphatic heterocycles. The van der Waals surface area contributed by atoms with E-state index in [0.29, 0.717) is 18.0 Å². The number of hydrogen-bond donors (Lipinski definition) is 1. The van der Waals surface area contributed by atoms with Gasteiger partial charge in [-0.2, -0.15) is 0 Å². The number of nitrogens with two attached hydrogens (primary N) is 1. The molecule has 17 heavy (non-hydrogen) atoms. The van der Waals surface area contributed by atoms with Gasteiger partial charge in [0.2, 0.25) is 0 Å². The van der Waals surface area contributed by atoms with Gasteiger partial charge in [0, 0.05) is 19.1 Å². The molecule has 2 heterocycles. The second kappa shape index (κ2) is 5.42. The Morgan fingerprint density at radius 1 is 1.47 bits per heavy atom. The molecule has 1 aromatic heterocycles. The molecule has 0 amide bonds. The fourth-order valence-corrected chi connectivity index (χ4v) is 2.14. The van der Waals surface area contributed by atoms with Crippen molar-refractivity contribution in [3.05, 3.63) is 18.1 Å². The average molecular weight is 236 g/mol. The molecular weight excluding hydrogens is 216 g/mol. The first-order valence-electron chi connectivity index (χ1n) is 6.11. The zero-order chi connectivity index (χ0) is 12.3. The predicted octanol–water partition coefficient (Wildman–Crippen LogP) is 1.06. The molecule has 0 bridgehead atoms. The maximum atomic E-state index is 5.67. The number of hydrogen-bond acceptors (Lipinski definition) is 5. The Labute approximate surface area is 102 Å². The van der Waals surface area contributed by atoms with E-state index in [2.05, 4.69) is 28.7 Å². The summed E-state index contributed by atoms with van der Waals surface area (Å²) in [6.07, 6.45) is 4.75. The number of ether oxygens (including phenoxy) is 1. The SMILES string of the molecule is CCC1COC(C)CN1Cc1cnc(N)cn1. The molecule has 1 saturated heterocycles. The first-order chi connectivity index (χ1) is 8.19. The monoisotopic (exact) mass is 236 g/mol. The van der Waals surface area contributed by atoms with Crippen molar-refractivity contribution in [2.75, 3.05) is 18.9 Å². The van der Waals surface area contributed by atoms with Crippen LogP contribution in [0.2, 0.25) is 0 Å². The highest BCUT2D eigenvalue weighted by Crippen LogP contribution is 2.16. The lowest BCUT2D eigenvalue weighted by molar-refractivity contribution is -0.0596. The van der Waals surface area contributed by atoms with Crippen molar-refractivity contribution in [2.45, 2.75) is 39.0 Å². The summed E-state index contributed by atoms with van der Waals surface area (Å²) in [7, 11) is 0. The second-order valence-electron chi connectivity index (χ2n) is 4.57. The van der Waals surface area contributed by atoms with Gasteiger partial charge in [-0.15, -0.1) is 0 Å². The lowest BCUT2D eigenvalue weighted by Crippen LogP contribution is -2.48. The molecule has 5 nitrogen and oxygen atoms in total. The van der Waals surface area contributed by atoms with Crippen LogP contribution in [0.15, 0.2) is 12.4 Å². The van der Waals surface area contributed by atoms with Gasteiger partial charge in [-0.25, -0.2) is 4.98 Å². The van der Waals surface area contributed by atoms with Crippen LogP contribution in [-0.4, -0.2) is 40.2 Å². The fraction of sp³-hybridized carbons (Fsp3) is 0.667. The molecule has 2 atom stereocenters. The van der Waals surface area contributed by atoms with E-state index >= 15 is 0 Å². The van der Waals surface area contributed by atoms with Gasteiger partial charge in [-0.1, -0.05) is 6.92 Å². The summed E-state index contributed by atoms with van der Waals surface area (Å²) >= 11 is 0. The molecule has 0 spiro atoms. The molecule has 1 fully saturated rings. The molecule has 1 aliphatic rings. The van der Waals surface area contributed by atoms with Gasteiger partial charge in [-0.3, -0.25) is 9.88 Å². The van der Waals surface area contributed by atoms with Gasteiger partial charge in [0.25, 0.3) is 0 Å². The zero-order valence-electron chi connectivity index (χ0n) is 10.5. The molecule has 0 saturated carbocycles. The Balaban J connectivity index is 2.02. The van der Waals surface area contributed by atoms with Gasteiger partial charge in [0.05, 0.1) is 30.8 Å². The van der Waals surface area contributed by atoms with Crippen molar-refractivity contribution in [2.24, 2.45) is 0 Å². The van der Waals surface area contributed by atoms with E-state index in [4.69, 9.17) is 10.5 Å². The Hall–Kier alpha value is -1.20. The molecule has 94 valence electrons. The van der Waals surface area contributed by atoms with E-state index in [1.54, 1.807) is 12.4 Å². The molecule has 2 unspecified atom stereocenters. The van der Waals surface area contributed by atoms with Crippen molar-refractivity contribution >= 4 is 5.82 Å². The van der Waals surface area contributed by atoms with Crippen molar-refractivity contribution in [3.8, 4) is 0 Å². The molecule has 0 aliphatic carbocycles. The summed E-state index contributed by atoms with van der Waals surface area (Å²) in [5, 5.41) is 0. The summed E-state index contributed by atoms with van der Waals surface area (Å²) in [5.41, 5.74) is 6.49. The number of nitrogen functional groups attached to an aromatic ring is 1.